The normalized spacial score (nSPS) is 19.1. The smallest absolute Gasteiger partial charge is 0.410 e. The van der Waals surface area contributed by atoms with Crippen LogP contribution in [0.25, 0.3) is 0 Å². The second kappa shape index (κ2) is 11.3. The molecule has 36 heavy (non-hydrogen) atoms. The number of nitrogens with one attached hydrogen (secondary N) is 2. The molecule has 2 aliphatic rings. The van der Waals surface area contributed by atoms with E-state index in [0.29, 0.717) is 43.7 Å². The molecule has 4 rings (SSSR count). The van der Waals surface area contributed by atoms with E-state index in [1.165, 1.54) is 0 Å². The zero-order valence-electron chi connectivity index (χ0n) is 20.7. The van der Waals surface area contributed by atoms with Crippen LogP contribution in [0.3, 0.4) is 0 Å². The second-order valence-electron chi connectivity index (χ2n) is 9.54. The third-order valence-corrected chi connectivity index (χ3v) is 6.94. The summed E-state index contributed by atoms with van der Waals surface area (Å²) in [5, 5.41) is 14.7. The van der Waals surface area contributed by atoms with Gasteiger partial charge in [-0.1, -0.05) is 6.07 Å². The number of rotatable bonds is 6. The van der Waals surface area contributed by atoms with Crippen molar-refractivity contribution in [3.8, 4) is 5.75 Å². The molecule has 9 nitrogen and oxygen atoms in total. The summed E-state index contributed by atoms with van der Waals surface area (Å²) in [5.74, 6) is 0.132. The largest absolute Gasteiger partial charge is 0.497 e. The van der Waals surface area contributed by atoms with Gasteiger partial charge in [-0.2, -0.15) is 0 Å². The van der Waals surface area contributed by atoms with Gasteiger partial charge in [0.05, 0.1) is 7.11 Å². The predicted octanol–water partition coefficient (Wildman–Crippen LogP) is 5.18. The Hall–Kier alpha value is -3.75. The number of hydrogen-bond acceptors (Lipinski definition) is 5. The Kier molecular flexibility index (Phi) is 7.97. The molecular formula is C27H33N3O6. The van der Waals surface area contributed by atoms with Crippen molar-refractivity contribution in [2.75, 3.05) is 24.3 Å². The molecule has 3 amide bonds. The van der Waals surface area contributed by atoms with Crippen LogP contribution in [0.4, 0.5) is 21.0 Å². The van der Waals surface area contributed by atoms with Crippen LogP contribution >= 0.6 is 0 Å². The standard InChI is InChI=1S/C27H33N3O6/c1-17-13-23(35-2)9-10-24(17)29-26(33)28-21-6-5-20-16-30(12-11-19(20)15-21)27(34)36-22-7-3-18(4-8-22)14-25(31)32/h5-6,9-10,13,15,18,22H,3-4,7-8,11-12,14,16H2,1-2H3,(H,31,32)(H2,28,29,33)/t18-,22-. The van der Waals surface area contributed by atoms with Crippen molar-refractivity contribution in [2.24, 2.45) is 5.92 Å². The summed E-state index contributed by atoms with van der Waals surface area (Å²) in [6, 6.07) is 10.8. The second-order valence-corrected chi connectivity index (χ2v) is 9.54. The van der Waals surface area contributed by atoms with Gasteiger partial charge in [0, 0.05) is 30.9 Å². The quantitative estimate of drug-likeness (QED) is 0.509. The van der Waals surface area contributed by atoms with Crippen molar-refractivity contribution in [1.29, 1.82) is 0 Å². The van der Waals surface area contributed by atoms with E-state index in [1.807, 2.05) is 31.2 Å². The molecule has 0 saturated heterocycles. The Morgan fingerprint density at radius 1 is 1.03 bits per heavy atom. The predicted molar refractivity (Wildman–Crippen MR) is 135 cm³/mol. The highest BCUT2D eigenvalue weighted by Gasteiger charge is 2.28. The van der Waals surface area contributed by atoms with E-state index >= 15 is 0 Å². The number of fused-ring (bicyclic) bond motifs is 1. The van der Waals surface area contributed by atoms with Gasteiger partial charge in [-0.3, -0.25) is 4.79 Å². The number of anilines is 2. The van der Waals surface area contributed by atoms with Gasteiger partial charge in [-0.25, -0.2) is 9.59 Å². The first kappa shape index (κ1) is 25.3. The van der Waals surface area contributed by atoms with Crippen LogP contribution in [0.1, 0.15) is 48.8 Å². The number of hydrogen-bond donors (Lipinski definition) is 3. The first-order valence-electron chi connectivity index (χ1n) is 12.3. The van der Waals surface area contributed by atoms with Gasteiger partial charge < -0.3 is 30.1 Å². The minimum atomic E-state index is -0.770. The SMILES string of the molecule is COc1ccc(NC(=O)Nc2ccc3c(c2)CCN(C(=O)O[C@H]2CC[C@H](CC(=O)O)CC2)C3)c(C)c1. The molecule has 2 aromatic rings. The van der Waals surface area contributed by atoms with Crippen LogP contribution in [0, 0.1) is 12.8 Å². The molecule has 0 spiro atoms. The van der Waals surface area contributed by atoms with Crippen molar-refractivity contribution < 1.29 is 29.0 Å². The van der Waals surface area contributed by atoms with E-state index < -0.39 is 5.97 Å². The maximum atomic E-state index is 12.7. The fourth-order valence-corrected chi connectivity index (χ4v) is 4.89. The van der Waals surface area contributed by atoms with Crippen molar-refractivity contribution in [1.82, 2.24) is 4.90 Å². The average molecular weight is 496 g/mol. The molecule has 1 saturated carbocycles. The number of benzene rings is 2. The van der Waals surface area contributed by atoms with Crippen molar-refractivity contribution in [2.45, 2.75) is 58.1 Å². The van der Waals surface area contributed by atoms with Crippen LogP contribution < -0.4 is 15.4 Å². The summed E-state index contributed by atoms with van der Waals surface area (Å²) in [4.78, 5) is 37.8. The lowest BCUT2D eigenvalue weighted by molar-refractivity contribution is -0.138. The lowest BCUT2D eigenvalue weighted by Gasteiger charge is -2.32. The molecule has 1 heterocycles. The fraction of sp³-hybridized carbons (Fsp3) is 0.444. The van der Waals surface area contributed by atoms with E-state index in [4.69, 9.17) is 14.6 Å². The monoisotopic (exact) mass is 495 g/mol. The molecular weight excluding hydrogens is 462 g/mol. The molecule has 0 atom stereocenters. The molecule has 1 aliphatic carbocycles. The lowest BCUT2D eigenvalue weighted by Crippen LogP contribution is -2.39. The minimum Gasteiger partial charge on any atom is -0.497 e. The summed E-state index contributed by atoms with van der Waals surface area (Å²) in [5.41, 5.74) is 4.41. The first-order valence-corrected chi connectivity index (χ1v) is 12.3. The summed E-state index contributed by atoms with van der Waals surface area (Å²) in [6.45, 7) is 2.90. The Labute approximate surface area is 210 Å². The topological polar surface area (TPSA) is 117 Å². The Balaban J connectivity index is 1.28. The van der Waals surface area contributed by atoms with Crippen molar-refractivity contribution in [3.63, 3.8) is 0 Å². The van der Waals surface area contributed by atoms with E-state index in [9.17, 15) is 14.4 Å². The zero-order chi connectivity index (χ0) is 25.7. The molecule has 1 aliphatic heterocycles. The summed E-state index contributed by atoms with van der Waals surface area (Å²) < 4.78 is 10.9. The third kappa shape index (κ3) is 6.47. The van der Waals surface area contributed by atoms with Gasteiger partial charge in [0.2, 0.25) is 0 Å². The maximum Gasteiger partial charge on any atom is 0.410 e. The van der Waals surface area contributed by atoms with Crippen LogP contribution in [0.2, 0.25) is 0 Å². The minimum absolute atomic E-state index is 0.150. The molecule has 0 radical (unpaired) electrons. The number of amides is 3. The van der Waals surface area contributed by atoms with E-state index in [-0.39, 0.29) is 30.6 Å². The number of carbonyl (C=O) groups is 3. The first-order chi connectivity index (χ1) is 17.3. The Morgan fingerprint density at radius 2 is 1.81 bits per heavy atom. The zero-order valence-corrected chi connectivity index (χ0v) is 20.7. The number of carboxylic acid groups (broad SMARTS) is 1. The third-order valence-electron chi connectivity index (χ3n) is 6.94. The summed E-state index contributed by atoms with van der Waals surface area (Å²) >= 11 is 0. The van der Waals surface area contributed by atoms with Gasteiger partial charge >= 0.3 is 18.1 Å². The molecule has 2 aromatic carbocycles. The van der Waals surface area contributed by atoms with Crippen molar-refractivity contribution in [3.05, 3.63) is 53.1 Å². The van der Waals surface area contributed by atoms with Gasteiger partial charge in [0.1, 0.15) is 11.9 Å². The van der Waals surface area contributed by atoms with E-state index in [1.54, 1.807) is 24.1 Å². The highest BCUT2D eigenvalue weighted by molar-refractivity contribution is 6.00. The number of nitrogens with zero attached hydrogens (tertiary/aromatic N) is 1. The lowest BCUT2D eigenvalue weighted by atomic mass is 9.85. The van der Waals surface area contributed by atoms with Crippen LogP contribution in [0.15, 0.2) is 36.4 Å². The van der Waals surface area contributed by atoms with Gasteiger partial charge in [0.15, 0.2) is 0 Å². The molecule has 0 bridgehead atoms. The summed E-state index contributed by atoms with van der Waals surface area (Å²) in [6.07, 6.45) is 3.35. The number of aryl methyl sites for hydroxylation is 1. The average Bonchev–Trinajstić information content (AvgIpc) is 2.85. The Morgan fingerprint density at radius 3 is 2.50 bits per heavy atom. The number of ether oxygens (including phenoxy) is 2. The van der Waals surface area contributed by atoms with Crippen LogP contribution in [-0.2, 0) is 22.5 Å². The molecule has 1 fully saturated rings. The maximum absolute atomic E-state index is 12.7. The number of methoxy groups -OCH3 is 1. The molecule has 0 unspecified atom stereocenters. The van der Waals surface area contributed by atoms with Gasteiger partial charge in [-0.15, -0.1) is 0 Å². The number of carboxylic acids is 1. The van der Waals surface area contributed by atoms with Gasteiger partial charge in [-0.05, 0) is 92.0 Å². The molecule has 192 valence electrons. The van der Waals surface area contributed by atoms with E-state index in [2.05, 4.69) is 10.6 Å². The van der Waals surface area contributed by atoms with Crippen LogP contribution in [0.5, 0.6) is 5.75 Å². The van der Waals surface area contributed by atoms with Crippen molar-refractivity contribution >= 4 is 29.5 Å². The highest BCUT2D eigenvalue weighted by Crippen LogP contribution is 2.30. The van der Waals surface area contributed by atoms with Crippen LogP contribution in [-0.4, -0.2) is 47.9 Å². The number of aliphatic carboxylic acids is 1. The van der Waals surface area contributed by atoms with Gasteiger partial charge in [0.25, 0.3) is 0 Å². The summed E-state index contributed by atoms with van der Waals surface area (Å²) in [7, 11) is 1.60. The highest BCUT2D eigenvalue weighted by atomic mass is 16.6. The molecule has 9 heteroatoms. The molecule has 0 aromatic heterocycles. The molecule has 3 N–H and O–H groups in total. The Bertz CT molecular complexity index is 1130. The number of carbonyl (C=O) groups excluding carboxylic acids is 2. The fourth-order valence-electron chi connectivity index (χ4n) is 4.89. The van der Waals surface area contributed by atoms with E-state index in [0.717, 1.165) is 35.3 Å². The number of urea groups is 1.